The van der Waals surface area contributed by atoms with E-state index in [1.54, 1.807) is 0 Å². The summed E-state index contributed by atoms with van der Waals surface area (Å²) in [5.41, 5.74) is 1.25. The second-order valence-corrected chi connectivity index (χ2v) is 7.80. The molecule has 0 spiro atoms. The van der Waals surface area contributed by atoms with E-state index in [0.717, 1.165) is 5.56 Å². The third-order valence-electron chi connectivity index (χ3n) is 4.02. The summed E-state index contributed by atoms with van der Waals surface area (Å²) < 4.78 is 32.0. The van der Waals surface area contributed by atoms with E-state index < -0.39 is 16.0 Å². The zero-order valence-corrected chi connectivity index (χ0v) is 16.1. The van der Waals surface area contributed by atoms with Gasteiger partial charge in [0.1, 0.15) is 0 Å². The van der Waals surface area contributed by atoms with Crippen LogP contribution in [0.3, 0.4) is 0 Å². The maximum Gasteiger partial charge on any atom is 0.337 e. The van der Waals surface area contributed by atoms with Gasteiger partial charge in [0.25, 0.3) is 0 Å². The number of sulfonamides is 1. The molecule has 2 aromatic rings. The third kappa shape index (κ3) is 5.78. The van der Waals surface area contributed by atoms with Gasteiger partial charge in [0.2, 0.25) is 10.0 Å². The molecule has 0 aliphatic rings. The Labute approximate surface area is 159 Å². The van der Waals surface area contributed by atoms with E-state index in [1.807, 2.05) is 37.3 Å². The number of anilines is 1. The van der Waals surface area contributed by atoms with E-state index in [-0.39, 0.29) is 23.0 Å². The fourth-order valence-electron chi connectivity index (χ4n) is 2.56. The number of carboxylic acid groups (broad SMARTS) is 1. The maximum absolute atomic E-state index is 12.4. The normalized spacial score (nSPS) is 12.5. The van der Waals surface area contributed by atoms with Crippen LogP contribution in [0.2, 0.25) is 0 Å². The standard InChI is InChI=1S/C19H24N2O5S/c1-14(15-7-4-3-5-8-15)21-18-10-9-16(13-17(18)19(22)23)27(24,25)20-11-6-12-26-2/h3-5,7-10,13-14,20-21H,6,11-12H2,1-2H3,(H,22,23)/t14-/m1/s1. The van der Waals surface area contributed by atoms with Crippen LogP contribution >= 0.6 is 0 Å². The van der Waals surface area contributed by atoms with E-state index in [4.69, 9.17) is 4.74 Å². The summed E-state index contributed by atoms with van der Waals surface area (Å²) in [5.74, 6) is -1.20. The van der Waals surface area contributed by atoms with Crippen molar-refractivity contribution in [2.75, 3.05) is 25.6 Å². The smallest absolute Gasteiger partial charge is 0.337 e. The van der Waals surface area contributed by atoms with Gasteiger partial charge >= 0.3 is 5.97 Å². The summed E-state index contributed by atoms with van der Waals surface area (Å²) in [6.45, 7) is 2.55. The maximum atomic E-state index is 12.4. The summed E-state index contributed by atoms with van der Waals surface area (Å²) in [6, 6.07) is 13.5. The second kappa shape index (κ2) is 9.50. The lowest BCUT2D eigenvalue weighted by atomic mass is 10.1. The number of hydrogen-bond acceptors (Lipinski definition) is 5. The fraction of sp³-hybridized carbons (Fsp3) is 0.316. The molecule has 0 amide bonds. The van der Waals surface area contributed by atoms with Gasteiger partial charge in [0, 0.05) is 32.0 Å². The highest BCUT2D eigenvalue weighted by atomic mass is 32.2. The molecule has 1 atom stereocenters. The predicted octanol–water partition coefficient (Wildman–Crippen LogP) is 2.87. The first-order valence-electron chi connectivity index (χ1n) is 8.52. The van der Waals surface area contributed by atoms with Crippen LogP contribution in [0.5, 0.6) is 0 Å². The molecule has 2 rings (SSSR count). The first kappa shape index (κ1) is 20.9. The van der Waals surface area contributed by atoms with Crippen LogP contribution in [0, 0.1) is 0 Å². The van der Waals surface area contributed by atoms with E-state index in [2.05, 4.69) is 10.0 Å². The van der Waals surface area contributed by atoms with Gasteiger partial charge in [-0.3, -0.25) is 0 Å². The molecule has 0 bridgehead atoms. The molecule has 0 fully saturated rings. The van der Waals surface area contributed by atoms with Crippen LogP contribution in [-0.2, 0) is 14.8 Å². The van der Waals surface area contributed by atoms with Crippen molar-refractivity contribution < 1.29 is 23.1 Å². The van der Waals surface area contributed by atoms with Crippen LogP contribution in [-0.4, -0.2) is 39.8 Å². The molecule has 146 valence electrons. The second-order valence-electron chi connectivity index (χ2n) is 6.03. The van der Waals surface area contributed by atoms with Gasteiger partial charge in [0.15, 0.2) is 0 Å². The van der Waals surface area contributed by atoms with Gasteiger partial charge in [0.05, 0.1) is 10.5 Å². The lowest BCUT2D eigenvalue weighted by Gasteiger charge is -2.18. The van der Waals surface area contributed by atoms with Crippen molar-refractivity contribution in [3.63, 3.8) is 0 Å². The van der Waals surface area contributed by atoms with E-state index >= 15 is 0 Å². The summed E-state index contributed by atoms with van der Waals surface area (Å²) in [5, 5.41) is 12.6. The van der Waals surface area contributed by atoms with Gasteiger partial charge < -0.3 is 15.2 Å². The first-order valence-corrected chi connectivity index (χ1v) is 10.0. The highest BCUT2D eigenvalue weighted by Gasteiger charge is 2.19. The summed E-state index contributed by atoms with van der Waals surface area (Å²) >= 11 is 0. The molecule has 0 unspecified atom stereocenters. The van der Waals surface area contributed by atoms with Crippen LogP contribution in [0.25, 0.3) is 0 Å². The fourth-order valence-corrected chi connectivity index (χ4v) is 3.66. The molecule has 0 heterocycles. The largest absolute Gasteiger partial charge is 0.478 e. The van der Waals surface area contributed by atoms with Crippen LogP contribution < -0.4 is 10.0 Å². The molecule has 0 saturated carbocycles. The van der Waals surface area contributed by atoms with E-state index in [1.165, 1.54) is 25.3 Å². The Morgan fingerprint density at radius 2 is 1.89 bits per heavy atom. The monoisotopic (exact) mass is 392 g/mol. The quantitative estimate of drug-likeness (QED) is 0.537. The lowest BCUT2D eigenvalue weighted by Crippen LogP contribution is -2.26. The summed E-state index contributed by atoms with van der Waals surface area (Å²) in [4.78, 5) is 11.6. The number of benzene rings is 2. The van der Waals surface area contributed by atoms with Crippen molar-refractivity contribution >= 4 is 21.7 Å². The Balaban J connectivity index is 2.22. The van der Waals surface area contributed by atoms with E-state index in [0.29, 0.717) is 18.7 Å². The van der Waals surface area contributed by atoms with E-state index in [9.17, 15) is 18.3 Å². The molecule has 3 N–H and O–H groups in total. The minimum Gasteiger partial charge on any atom is -0.478 e. The van der Waals surface area contributed by atoms with Gasteiger partial charge in [-0.15, -0.1) is 0 Å². The molecular weight excluding hydrogens is 368 g/mol. The van der Waals surface area contributed by atoms with Gasteiger partial charge in [-0.1, -0.05) is 30.3 Å². The van der Waals surface area contributed by atoms with Gasteiger partial charge in [-0.2, -0.15) is 0 Å². The third-order valence-corrected chi connectivity index (χ3v) is 5.48. The average Bonchev–Trinajstić information content (AvgIpc) is 2.66. The number of rotatable bonds is 10. The molecule has 0 radical (unpaired) electrons. The summed E-state index contributed by atoms with van der Waals surface area (Å²) in [7, 11) is -2.25. The molecule has 0 saturated heterocycles. The number of carbonyl (C=O) groups is 1. The SMILES string of the molecule is COCCCNS(=O)(=O)c1ccc(N[C@H](C)c2ccccc2)c(C(=O)O)c1. The van der Waals surface area contributed by atoms with Crippen LogP contribution in [0.4, 0.5) is 5.69 Å². The number of nitrogens with one attached hydrogen (secondary N) is 2. The van der Waals surface area contributed by atoms with Crippen molar-refractivity contribution in [1.29, 1.82) is 0 Å². The Kier molecular flexibility index (Phi) is 7.35. The highest BCUT2D eigenvalue weighted by Crippen LogP contribution is 2.25. The van der Waals surface area contributed by atoms with Crippen LogP contribution in [0.1, 0.15) is 35.3 Å². The Morgan fingerprint density at radius 3 is 2.52 bits per heavy atom. The first-order chi connectivity index (χ1) is 12.8. The van der Waals surface area contributed by atoms with Crippen molar-refractivity contribution in [2.45, 2.75) is 24.3 Å². The zero-order chi connectivity index (χ0) is 19.9. The molecule has 0 aliphatic heterocycles. The molecule has 0 aliphatic carbocycles. The summed E-state index contributed by atoms with van der Waals surface area (Å²) in [6.07, 6.45) is 0.524. The Morgan fingerprint density at radius 1 is 1.19 bits per heavy atom. The number of aromatic carboxylic acids is 1. The predicted molar refractivity (Wildman–Crippen MR) is 104 cm³/mol. The number of ether oxygens (including phenoxy) is 1. The van der Waals surface area contributed by atoms with Crippen LogP contribution in [0.15, 0.2) is 53.4 Å². The zero-order valence-electron chi connectivity index (χ0n) is 15.3. The molecule has 2 aromatic carbocycles. The number of carboxylic acids is 1. The molecule has 7 nitrogen and oxygen atoms in total. The van der Waals surface area contributed by atoms with Crippen molar-refractivity contribution in [2.24, 2.45) is 0 Å². The van der Waals surface area contributed by atoms with Crippen molar-refractivity contribution in [3.05, 3.63) is 59.7 Å². The average molecular weight is 392 g/mol. The van der Waals surface area contributed by atoms with Gasteiger partial charge in [-0.25, -0.2) is 17.9 Å². The molecule has 8 heteroatoms. The Bertz CT molecular complexity index is 869. The minimum atomic E-state index is -3.79. The molecule has 0 aromatic heterocycles. The number of methoxy groups -OCH3 is 1. The lowest BCUT2D eigenvalue weighted by molar-refractivity contribution is 0.0697. The Hall–Kier alpha value is -2.42. The topological polar surface area (TPSA) is 105 Å². The molecular formula is C19H24N2O5S. The highest BCUT2D eigenvalue weighted by molar-refractivity contribution is 7.89. The molecule has 27 heavy (non-hydrogen) atoms. The van der Waals surface area contributed by atoms with Crippen molar-refractivity contribution in [1.82, 2.24) is 4.72 Å². The van der Waals surface area contributed by atoms with Gasteiger partial charge in [-0.05, 0) is 37.1 Å². The van der Waals surface area contributed by atoms with Crippen molar-refractivity contribution in [3.8, 4) is 0 Å². The minimum absolute atomic E-state index is 0.0877. The number of hydrogen-bond donors (Lipinski definition) is 3.